The number of benzene rings is 1. The highest BCUT2D eigenvalue weighted by molar-refractivity contribution is 6.32. The molecule has 3 heterocycles. The van der Waals surface area contributed by atoms with E-state index in [1.165, 1.54) is 6.20 Å². The van der Waals surface area contributed by atoms with Gasteiger partial charge >= 0.3 is 6.61 Å². The Hall–Kier alpha value is -2.96. The van der Waals surface area contributed by atoms with Gasteiger partial charge in [-0.25, -0.2) is 4.98 Å². The van der Waals surface area contributed by atoms with Crippen LogP contribution in [0.4, 0.5) is 31.9 Å². The van der Waals surface area contributed by atoms with Gasteiger partial charge in [-0.05, 0) is 44.9 Å². The zero-order chi connectivity index (χ0) is 28.9. The lowest BCUT2D eigenvalue weighted by molar-refractivity contribution is -0.122. The molecule has 0 radical (unpaired) electrons. The Balaban J connectivity index is 1.27. The van der Waals surface area contributed by atoms with Crippen LogP contribution < -0.4 is 26.0 Å². The monoisotopic (exact) mass is 592 g/mol. The Morgan fingerprint density at radius 1 is 1.10 bits per heavy atom. The first kappa shape index (κ1) is 29.5. The van der Waals surface area contributed by atoms with Gasteiger partial charge in [0.1, 0.15) is 5.02 Å². The fourth-order valence-corrected chi connectivity index (χ4v) is 6.30. The minimum absolute atomic E-state index is 0.00724. The Bertz CT molecular complexity index is 1190. The van der Waals surface area contributed by atoms with Crippen LogP contribution in [0.25, 0.3) is 0 Å². The molecule has 3 fully saturated rings. The third kappa shape index (κ3) is 7.47. The highest BCUT2D eigenvalue weighted by Gasteiger charge is 2.30. The van der Waals surface area contributed by atoms with Crippen molar-refractivity contribution in [2.75, 3.05) is 61.8 Å². The average molecular weight is 593 g/mol. The molecule has 5 rings (SSSR count). The van der Waals surface area contributed by atoms with Crippen LogP contribution in [0.15, 0.2) is 24.4 Å². The number of likely N-dealkylation sites (N-methyl/N-ethyl adjacent to an activating group) is 1. The number of aromatic nitrogens is 2. The molecule has 1 aromatic carbocycles. The fourth-order valence-electron chi connectivity index (χ4n) is 6.15. The molecule has 2 saturated heterocycles. The molecule has 0 spiro atoms. The Labute approximate surface area is 244 Å². The summed E-state index contributed by atoms with van der Waals surface area (Å²) < 4.78 is 31.7. The standard InChI is InChI=1S/C28H39ClF2N8O2/c1-37-12-14-39(15-13-37)18-8-10-38(11-9-18)19-6-7-23(24(16-19)41-27(30)31)35-28-33-17-21(29)26(36-28)34-22-5-3-2-4-20(22)25(32)40/h6-7,16-18,20,22,27H,2-5,8-15H2,1H3,(H2,32,40)(H2,33,34,35,36)/t20-,22-/m1/s1. The maximum absolute atomic E-state index is 13.4. The van der Waals surface area contributed by atoms with Crippen LogP contribution in [0.2, 0.25) is 5.02 Å². The molecule has 2 atom stereocenters. The number of hydrogen-bond acceptors (Lipinski definition) is 9. The molecule has 4 N–H and O–H groups in total. The highest BCUT2D eigenvalue weighted by atomic mass is 35.5. The fraction of sp³-hybridized carbons (Fsp3) is 0.607. The molecule has 1 amide bonds. The van der Waals surface area contributed by atoms with Crippen molar-refractivity contribution in [1.29, 1.82) is 0 Å². The number of primary amides is 1. The molecule has 0 unspecified atom stereocenters. The van der Waals surface area contributed by atoms with Gasteiger partial charge in [0.2, 0.25) is 11.9 Å². The van der Waals surface area contributed by atoms with E-state index < -0.39 is 6.61 Å². The predicted octanol–water partition coefficient (Wildman–Crippen LogP) is 4.15. The van der Waals surface area contributed by atoms with Gasteiger partial charge < -0.3 is 30.9 Å². The summed E-state index contributed by atoms with van der Waals surface area (Å²) in [5.74, 6) is -0.172. The number of nitrogens with one attached hydrogen (secondary N) is 2. The molecule has 1 aliphatic carbocycles. The van der Waals surface area contributed by atoms with Gasteiger partial charge in [-0.3, -0.25) is 9.69 Å². The van der Waals surface area contributed by atoms with E-state index in [-0.39, 0.29) is 34.6 Å². The SMILES string of the molecule is CN1CCN(C2CCN(c3ccc(Nc4ncc(Cl)c(N[C@@H]5CCCC[C@H]5C(N)=O)n4)c(OC(F)F)c3)CC2)CC1. The van der Waals surface area contributed by atoms with Crippen molar-refractivity contribution in [3.63, 3.8) is 0 Å². The number of amides is 1. The van der Waals surface area contributed by atoms with Crippen LogP contribution in [0.1, 0.15) is 38.5 Å². The van der Waals surface area contributed by atoms with E-state index >= 15 is 0 Å². The number of nitrogens with zero attached hydrogens (tertiary/aromatic N) is 5. The van der Waals surface area contributed by atoms with Crippen LogP contribution >= 0.6 is 11.6 Å². The highest BCUT2D eigenvalue weighted by Crippen LogP contribution is 2.35. The van der Waals surface area contributed by atoms with Gasteiger partial charge in [0.15, 0.2) is 11.6 Å². The van der Waals surface area contributed by atoms with Crippen LogP contribution in [-0.2, 0) is 4.79 Å². The number of nitrogens with two attached hydrogens (primary N) is 1. The second kappa shape index (κ2) is 13.3. The van der Waals surface area contributed by atoms with Gasteiger partial charge in [0.25, 0.3) is 0 Å². The third-order valence-electron chi connectivity index (χ3n) is 8.51. The summed E-state index contributed by atoms with van der Waals surface area (Å²) in [6.45, 7) is 3.06. The van der Waals surface area contributed by atoms with Gasteiger partial charge in [0, 0.05) is 63.1 Å². The molecular weight excluding hydrogens is 554 g/mol. The van der Waals surface area contributed by atoms with Crippen molar-refractivity contribution in [1.82, 2.24) is 19.8 Å². The van der Waals surface area contributed by atoms with Gasteiger partial charge in [-0.15, -0.1) is 0 Å². The molecule has 0 bridgehead atoms. The summed E-state index contributed by atoms with van der Waals surface area (Å²) in [6.07, 6.45) is 6.85. The third-order valence-corrected chi connectivity index (χ3v) is 8.79. The van der Waals surface area contributed by atoms with Crippen molar-refractivity contribution >= 4 is 40.6 Å². The number of ether oxygens (including phenoxy) is 1. The van der Waals surface area contributed by atoms with Gasteiger partial charge in [-0.2, -0.15) is 13.8 Å². The van der Waals surface area contributed by atoms with Crippen LogP contribution in [0.3, 0.4) is 0 Å². The van der Waals surface area contributed by atoms with E-state index in [4.69, 9.17) is 22.1 Å². The number of alkyl halides is 2. The van der Waals surface area contributed by atoms with E-state index in [2.05, 4.69) is 42.3 Å². The number of carbonyl (C=O) groups is 1. The summed E-state index contributed by atoms with van der Waals surface area (Å²) in [5, 5.41) is 6.53. The van der Waals surface area contributed by atoms with Gasteiger partial charge in [-0.1, -0.05) is 24.4 Å². The smallest absolute Gasteiger partial charge is 0.387 e. The minimum atomic E-state index is -2.99. The molecule has 3 aliphatic rings. The minimum Gasteiger partial charge on any atom is -0.433 e. The van der Waals surface area contributed by atoms with Crippen LogP contribution in [-0.4, -0.2) is 90.7 Å². The molecule has 1 saturated carbocycles. The average Bonchev–Trinajstić information content (AvgIpc) is 2.96. The Morgan fingerprint density at radius 3 is 2.54 bits per heavy atom. The number of anilines is 4. The van der Waals surface area contributed by atoms with Crippen LogP contribution in [0, 0.1) is 5.92 Å². The lowest BCUT2D eigenvalue weighted by Crippen LogP contribution is -2.52. The second-order valence-electron chi connectivity index (χ2n) is 11.2. The zero-order valence-corrected chi connectivity index (χ0v) is 24.1. The normalized spacial score (nSPS) is 23.0. The van der Waals surface area contributed by atoms with E-state index in [1.54, 1.807) is 12.1 Å². The molecule has 41 heavy (non-hydrogen) atoms. The first-order chi connectivity index (χ1) is 19.8. The summed E-state index contributed by atoms with van der Waals surface area (Å²) in [6, 6.07) is 5.59. The molecule has 10 nitrogen and oxygen atoms in total. The van der Waals surface area contributed by atoms with Crippen molar-refractivity contribution < 1.29 is 18.3 Å². The Morgan fingerprint density at radius 2 is 1.83 bits per heavy atom. The topological polar surface area (TPSA) is 112 Å². The number of halogens is 3. The molecule has 224 valence electrons. The number of piperazine rings is 1. The lowest BCUT2D eigenvalue weighted by Gasteiger charge is -2.42. The summed E-state index contributed by atoms with van der Waals surface area (Å²) >= 11 is 6.35. The number of piperidine rings is 1. The van der Waals surface area contributed by atoms with E-state index in [0.29, 0.717) is 24.0 Å². The number of carbonyl (C=O) groups excluding carboxylic acids is 1. The van der Waals surface area contributed by atoms with Crippen molar-refractivity contribution in [3.05, 3.63) is 29.4 Å². The van der Waals surface area contributed by atoms with E-state index in [9.17, 15) is 13.6 Å². The molecule has 13 heteroatoms. The maximum atomic E-state index is 13.4. The quantitative estimate of drug-likeness (QED) is 0.395. The molecule has 2 aliphatic heterocycles. The van der Waals surface area contributed by atoms with E-state index in [1.807, 2.05) is 6.07 Å². The summed E-state index contributed by atoms with van der Waals surface area (Å²) in [5.41, 5.74) is 6.75. The van der Waals surface area contributed by atoms with Crippen molar-refractivity contribution in [2.24, 2.45) is 11.7 Å². The summed E-state index contributed by atoms with van der Waals surface area (Å²) in [7, 11) is 2.16. The van der Waals surface area contributed by atoms with Crippen LogP contribution in [0.5, 0.6) is 5.75 Å². The summed E-state index contributed by atoms with van der Waals surface area (Å²) in [4.78, 5) is 27.8. The van der Waals surface area contributed by atoms with E-state index in [0.717, 1.165) is 77.1 Å². The lowest BCUT2D eigenvalue weighted by atomic mass is 9.84. The maximum Gasteiger partial charge on any atom is 0.387 e. The molecule has 2 aromatic rings. The number of rotatable bonds is 9. The van der Waals surface area contributed by atoms with Crippen molar-refractivity contribution in [3.8, 4) is 5.75 Å². The molecular formula is C28H39ClF2N8O2. The molecule has 1 aromatic heterocycles. The Kier molecular flexibility index (Phi) is 9.61. The first-order valence-electron chi connectivity index (χ1n) is 14.4. The number of hydrogen-bond donors (Lipinski definition) is 3. The predicted molar refractivity (Wildman–Crippen MR) is 156 cm³/mol. The largest absolute Gasteiger partial charge is 0.433 e. The first-order valence-corrected chi connectivity index (χ1v) is 14.8. The zero-order valence-electron chi connectivity index (χ0n) is 23.4. The van der Waals surface area contributed by atoms with Crippen molar-refractivity contribution in [2.45, 2.75) is 57.2 Å². The second-order valence-corrected chi connectivity index (χ2v) is 11.6. The van der Waals surface area contributed by atoms with Gasteiger partial charge in [0.05, 0.1) is 17.8 Å².